The van der Waals surface area contributed by atoms with Crippen molar-refractivity contribution in [1.29, 1.82) is 0 Å². The Labute approximate surface area is 172 Å². The van der Waals surface area contributed by atoms with E-state index in [4.69, 9.17) is 4.84 Å². The normalized spacial score (nSPS) is 42.9. The lowest BCUT2D eigenvalue weighted by atomic mass is 9.47. The Balaban J connectivity index is 1.44. The van der Waals surface area contributed by atoms with Crippen LogP contribution in [0, 0.1) is 34.5 Å². The zero-order chi connectivity index (χ0) is 19.9. The summed E-state index contributed by atoms with van der Waals surface area (Å²) in [5.41, 5.74) is 4.14. The second-order valence-corrected chi connectivity index (χ2v) is 10.7. The van der Waals surface area contributed by atoms with E-state index in [1.807, 2.05) is 6.21 Å². The number of hydrogen-bond donors (Lipinski definition) is 0. The Morgan fingerprint density at radius 3 is 2.64 bits per heavy atom. The third-order valence-corrected chi connectivity index (χ3v) is 9.06. The van der Waals surface area contributed by atoms with Gasteiger partial charge in [-0.25, -0.2) is 0 Å². The van der Waals surface area contributed by atoms with E-state index in [2.05, 4.69) is 50.7 Å². The third-order valence-electron chi connectivity index (χ3n) is 9.06. The first kappa shape index (κ1) is 20.2. The molecule has 0 heterocycles. The first-order valence-electron chi connectivity index (χ1n) is 11.5. The molecular weight excluding hydrogens is 344 g/mol. The molecule has 3 heteroatoms. The minimum Gasteiger partial charge on any atom is -0.395 e. The molecule has 0 N–H and O–H groups in total. The van der Waals surface area contributed by atoms with Gasteiger partial charge in [-0.3, -0.25) is 0 Å². The first-order chi connectivity index (χ1) is 13.3. The van der Waals surface area contributed by atoms with Gasteiger partial charge in [0.05, 0.1) is 6.21 Å². The highest BCUT2D eigenvalue weighted by molar-refractivity contribution is 5.63. The molecule has 0 saturated heterocycles. The van der Waals surface area contributed by atoms with Crippen LogP contribution in [0.5, 0.6) is 0 Å². The first-order valence-corrected chi connectivity index (χ1v) is 11.5. The summed E-state index contributed by atoms with van der Waals surface area (Å²) in [5, 5.41) is 4.26. The van der Waals surface area contributed by atoms with Gasteiger partial charge in [0.1, 0.15) is 6.61 Å². The van der Waals surface area contributed by atoms with E-state index in [1.165, 1.54) is 51.4 Å². The number of allylic oxidation sites excluding steroid dienone is 3. The molecule has 0 aliphatic heterocycles. The van der Waals surface area contributed by atoms with Crippen LogP contribution in [0.25, 0.3) is 0 Å². The summed E-state index contributed by atoms with van der Waals surface area (Å²) in [4.78, 5) is 7.57. The zero-order valence-corrected chi connectivity index (χ0v) is 18.5. The number of hydrogen-bond acceptors (Lipinski definition) is 3. The fraction of sp³-hybridized carbons (Fsp3) is 0.800. The Kier molecular flexibility index (Phi) is 5.50. The van der Waals surface area contributed by atoms with Crippen LogP contribution in [0.2, 0.25) is 0 Å². The largest absolute Gasteiger partial charge is 0.395 e. The zero-order valence-electron chi connectivity index (χ0n) is 18.5. The molecular formula is C25H40N2O. The minimum atomic E-state index is 0.421. The van der Waals surface area contributed by atoms with Crippen molar-refractivity contribution in [3.8, 4) is 0 Å². The molecule has 0 bridgehead atoms. The SMILES string of the molecule is C=C1CCC2C3CCC4=C[C@@H](C=NOCCN(C)C)CC[C@]4(C)C3CC[C@]12C. The van der Waals surface area contributed by atoms with Crippen molar-refractivity contribution in [2.24, 2.45) is 39.7 Å². The summed E-state index contributed by atoms with van der Waals surface area (Å²) in [6, 6.07) is 0. The lowest BCUT2D eigenvalue weighted by Crippen LogP contribution is -2.49. The average molecular weight is 385 g/mol. The molecule has 3 nitrogen and oxygen atoms in total. The fourth-order valence-electron chi connectivity index (χ4n) is 7.18. The van der Waals surface area contributed by atoms with Crippen LogP contribution < -0.4 is 0 Å². The minimum absolute atomic E-state index is 0.421. The summed E-state index contributed by atoms with van der Waals surface area (Å²) in [5.74, 6) is 3.14. The molecule has 4 aliphatic carbocycles. The molecule has 0 aromatic carbocycles. The summed E-state index contributed by atoms with van der Waals surface area (Å²) in [6.07, 6.45) is 15.3. The molecule has 3 unspecified atom stereocenters. The maximum Gasteiger partial charge on any atom is 0.129 e. The molecule has 6 atom stereocenters. The Morgan fingerprint density at radius 1 is 1.11 bits per heavy atom. The van der Waals surface area contributed by atoms with Gasteiger partial charge in [-0.2, -0.15) is 0 Å². The lowest BCUT2D eigenvalue weighted by molar-refractivity contribution is -0.0264. The van der Waals surface area contributed by atoms with E-state index in [1.54, 1.807) is 11.1 Å². The number of rotatable bonds is 5. The van der Waals surface area contributed by atoms with Crippen molar-refractivity contribution < 1.29 is 4.84 Å². The predicted octanol–water partition coefficient (Wildman–Crippen LogP) is 5.69. The summed E-state index contributed by atoms with van der Waals surface area (Å²) >= 11 is 0. The van der Waals surface area contributed by atoms with Gasteiger partial charge in [-0.1, -0.05) is 42.8 Å². The van der Waals surface area contributed by atoms with Crippen molar-refractivity contribution in [1.82, 2.24) is 4.90 Å². The van der Waals surface area contributed by atoms with E-state index >= 15 is 0 Å². The van der Waals surface area contributed by atoms with Crippen LogP contribution in [-0.2, 0) is 4.84 Å². The number of fused-ring (bicyclic) bond motifs is 5. The van der Waals surface area contributed by atoms with Crippen molar-refractivity contribution in [2.45, 2.75) is 65.2 Å². The standard InChI is InChI=1S/C25H40N2O/c1-18-6-9-22-21-8-7-20-16-19(17-26-28-15-14-27(4)5)10-12-25(20,3)23(21)11-13-24(18,22)2/h16-17,19,21-23H,1,6-15H2,2-5H3/t19-,21?,22?,23?,24+,25-/m0/s1. The molecule has 0 spiro atoms. The van der Waals surface area contributed by atoms with Gasteiger partial charge in [0.25, 0.3) is 0 Å². The lowest BCUT2D eigenvalue weighted by Gasteiger charge is -2.58. The second-order valence-electron chi connectivity index (χ2n) is 10.7. The highest BCUT2D eigenvalue weighted by atomic mass is 16.6. The quantitative estimate of drug-likeness (QED) is 0.263. The summed E-state index contributed by atoms with van der Waals surface area (Å²) < 4.78 is 0. The summed E-state index contributed by atoms with van der Waals surface area (Å²) in [6.45, 7) is 11.2. The summed E-state index contributed by atoms with van der Waals surface area (Å²) in [7, 11) is 4.12. The van der Waals surface area contributed by atoms with E-state index in [-0.39, 0.29) is 0 Å². The Bertz CT molecular complexity index is 665. The molecule has 4 aliphatic rings. The monoisotopic (exact) mass is 384 g/mol. The van der Waals surface area contributed by atoms with E-state index in [0.717, 1.165) is 24.3 Å². The van der Waals surface area contributed by atoms with E-state index in [9.17, 15) is 0 Å². The van der Waals surface area contributed by atoms with Gasteiger partial charge in [0, 0.05) is 12.5 Å². The molecule has 3 fully saturated rings. The van der Waals surface area contributed by atoms with Crippen molar-refractivity contribution in [3.05, 3.63) is 23.8 Å². The van der Waals surface area contributed by atoms with Crippen LogP contribution in [0.4, 0.5) is 0 Å². The van der Waals surface area contributed by atoms with Crippen LogP contribution >= 0.6 is 0 Å². The molecule has 4 rings (SSSR count). The fourth-order valence-corrected chi connectivity index (χ4v) is 7.18. The second kappa shape index (κ2) is 7.63. The highest BCUT2D eigenvalue weighted by Crippen LogP contribution is 2.66. The number of nitrogens with zero attached hydrogens (tertiary/aromatic N) is 2. The van der Waals surface area contributed by atoms with Gasteiger partial charge >= 0.3 is 0 Å². The van der Waals surface area contributed by atoms with Crippen molar-refractivity contribution in [3.63, 3.8) is 0 Å². The van der Waals surface area contributed by atoms with E-state index < -0.39 is 0 Å². The van der Waals surface area contributed by atoms with Gasteiger partial charge < -0.3 is 9.74 Å². The molecule has 0 radical (unpaired) electrons. The van der Waals surface area contributed by atoms with Gasteiger partial charge in [-0.15, -0.1) is 0 Å². The smallest absolute Gasteiger partial charge is 0.129 e. The molecule has 0 amide bonds. The Hall–Kier alpha value is -1.09. The topological polar surface area (TPSA) is 24.8 Å². The molecule has 156 valence electrons. The van der Waals surface area contributed by atoms with Crippen LogP contribution in [-0.4, -0.2) is 38.4 Å². The van der Waals surface area contributed by atoms with E-state index in [0.29, 0.717) is 23.4 Å². The van der Waals surface area contributed by atoms with Crippen LogP contribution in [0.1, 0.15) is 65.2 Å². The van der Waals surface area contributed by atoms with Crippen LogP contribution in [0.15, 0.2) is 29.0 Å². The third kappa shape index (κ3) is 3.38. The predicted molar refractivity (Wildman–Crippen MR) is 117 cm³/mol. The Morgan fingerprint density at radius 2 is 1.86 bits per heavy atom. The molecule has 3 saturated carbocycles. The number of oxime groups is 1. The van der Waals surface area contributed by atoms with Gasteiger partial charge in [0.15, 0.2) is 0 Å². The maximum atomic E-state index is 5.45. The molecule has 28 heavy (non-hydrogen) atoms. The van der Waals surface area contributed by atoms with Gasteiger partial charge in [0.2, 0.25) is 0 Å². The average Bonchev–Trinajstić information content (AvgIpc) is 2.96. The van der Waals surface area contributed by atoms with Gasteiger partial charge in [-0.05, 0) is 94.0 Å². The van der Waals surface area contributed by atoms with Crippen molar-refractivity contribution >= 4 is 6.21 Å². The highest BCUT2D eigenvalue weighted by Gasteiger charge is 2.57. The maximum absolute atomic E-state index is 5.45. The molecule has 0 aromatic heterocycles. The van der Waals surface area contributed by atoms with Crippen molar-refractivity contribution in [2.75, 3.05) is 27.2 Å². The van der Waals surface area contributed by atoms with Crippen LogP contribution in [0.3, 0.4) is 0 Å². The number of likely N-dealkylation sites (N-methyl/N-ethyl adjacent to an activating group) is 1. The molecule has 0 aromatic rings.